The highest BCUT2D eigenvalue weighted by atomic mass is 16.4. The Balaban J connectivity index is 2.12. The third-order valence-electron chi connectivity index (χ3n) is 3.10. The first-order chi connectivity index (χ1) is 9.88. The van der Waals surface area contributed by atoms with Crippen LogP contribution in [-0.4, -0.2) is 33.9 Å². The van der Waals surface area contributed by atoms with Crippen molar-refractivity contribution in [3.63, 3.8) is 0 Å². The molecule has 0 aromatic carbocycles. The van der Waals surface area contributed by atoms with Gasteiger partial charge in [-0.15, -0.1) is 0 Å². The Labute approximate surface area is 122 Å². The first-order valence-corrected chi connectivity index (χ1v) is 6.39. The van der Waals surface area contributed by atoms with Crippen LogP contribution in [0.4, 0.5) is 0 Å². The topological polar surface area (TPSA) is 83.6 Å². The monoisotopic (exact) mass is 288 g/mol. The van der Waals surface area contributed by atoms with Gasteiger partial charge >= 0.3 is 5.97 Å². The van der Waals surface area contributed by atoms with Gasteiger partial charge in [0.2, 0.25) is 0 Å². The van der Waals surface area contributed by atoms with Crippen molar-refractivity contribution in [2.24, 2.45) is 0 Å². The number of nitrogens with zero attached hydrogens (tertiary/aromatic N) is 2. The molecule has 0 unspecified atom stereocenters. The van der Waals surface area contributed by atoms with Crippen LogP contribution in [0, 0.1) is 13.8 Å². The summed E-state index contributed by atoms with van der Waals surface area (Å²) in [4.78, 5) is 28.7. The summed E-state index contributed by atoms with van der Waals surface area (Å²) in [6, 6.07) is 4.91. The van der Waals surface area contributed by atoms with E-state index in [1.807, 2.05) is 6.92 Å². The number of hydrogen-bond donors (Lipinski definition) is 1. The summed E-state index contributed by atoms with van der Waals surface area (Å²) in [6.45, 7) is 3.62. The maximum absolute atomic E-state index is 12.2. The van der Waals surface area contributed by atoms with E-state index in [0.29, 0.717) is 17.1 Å². The molecular formula is C15H16N2O4. The fourth-order valence-corrected chi connectivity index (χ4v) is 1.95. The third-order valence-corrected chi connectivity index (χ3v) is 3.10. The third kappa shape index (κ3) is 3.28. The lowest BCUT2D eigenvalue weighted by atomic mass is 10.2. The van der Waals surface area contributed by atoms with Gasteiger partial charge in [-0.25, -0.2) is 4.79 Å². The van der Waals surface area contributed by atoms with E-state index >= 15 is 0 Å². The van der Waals surface area contributed by atoms with Crippen LogP contribution in [0.3, 0.4) is 0 Å². The summed E-state index contributed by atoms with van der Waals surface area (Å²) >= 11 is 0. The van der Waals surface area contributed by atoms with Crippen LogP contribution < -0.4 is 0 Å². The zero-order valence-corrected chi connectivity index (χ0v) is 12.1. The van der Waals surface area contributed by atoms with Crippen molar-refractivity contribution in [3.05, 3.63) is 52.7 Å². The smallest absolute Gasteiger partial charge is 0.339 e. The van der Waals surface area contributed by atoms with Gasteiger partial charge in [-0.2, -0.15) is 0 Å². The highest BCUT2D eigenvalue weighted by Gasteiger charge is 2.17. The number of aryl methyl sites for hydroxylation is 2. The number of carbonyl (C=O) groups excluding carboxylic acids is 1. The standard InChI is InChI=1S/C15H16N2O4/c1-9-4-5-11(7-16-9)14(18)17(3)8-12-6-13(15(19)20)10(2)21-12/h4-7H,8H2,1-3H3,(H,19,20). The maximum Gasteiger partial charge on any atom is 0.339 e. The molecule has 0 aliphatic carbocycles. The zero-order valence-electron chi connectivity index (χ0n) is 12.1. The molecule has 0 saturated heterocycles. The largest absolute Gasteiger partial charge is 0.478 e. The van der Waals surface area contributed by atoms with Crippen LogP contribution in [0.15, 0.2) is 28.8 Å². The van der Waals surface area contributed by atoms with Gasteiger partial charge in [0.15, 0.2) is 0 Å². The molecule has 2 rings (SSSR count). The average molecular weight is 288 g/mol. The SMILES string of the molecule is Cc1ccc(C(=O)N(C)Cc2cc(C(=O)O)c(C)o2)cn1. The van der Waals surface area contributed by atoms with E-state index < -0.39 is 5.97 Å². The summed E-state index contributed by atoms with van der Waals surface area (Å²) < 4.78 is 5.36. The first kappa shape index (κ1) is 14.8. The molecule has 0 bridgehead atoms. The summed E-state index contributed by atoms with van der Waals surface area (Å²) in [6.07, 6.45) is 1.52. The van der Waals surface area contributed by atoms with Crippen molar-refractivity contribution in [1.29, 1.82) is 0 Å². The minimum atomic E-state index is -1.04. The number of rotatable bonds is 4. The molecule has 2 aromatic heterocycles. The van der Waals surface area contributed by atoms with E-state index in [1.54, 1.807) is 26.1 Å². The number of aromatic carboxylic acids is 1. The lowest BCUT2D eigenvalue weighted by Gasteiger charge is -2.15. The van der Waals surface area contributed by atoms with E-state index in [9.17, 15) is 9.59 Å². The van der Waals surface area contributed by atoms with Crippen molar-refractivity contribution in [1.82, 2.24) is 9.88 Å². The van der Waals surface area contributed by atoms with E-state index in [1.165, 1.54) is 17.2 Å². The number of aromatic nitrogens is 1. The van der Waals surface area contributed by atoms with Crippen LogP contribution in [-0.2, 0) is 6.54 Å². The summed E-state index contributed by atoms with van der Waals surface area (Å²) in [5, 5.41) is 8.98. The molecule has 6 heteroatoms. The number of amides is 1. The first-order valence-electron chi connectivity index (χ1n) is 6.39. The second-order valence-corrected chi connectivity index (χ2v) is 4.84. The molecule has 0 atom stereocenters. The second-order valence-electron chi connectivity index (χ2n) is 4.84. The Morgan fingerprint density at radius 2 is 2.05 bits per heavy atom. The molecule has 110 valence electrons. The minimum absolute atomic E-state index is 0.114. The number of pyridine rings is 1. The Morgan fingerprint density at radius 1 is 1.33 bits per heavy atom. The highest BCUT2D eigenvalue weighted by Crippen LogP contribution is 2.16. The molecule has 0 fully saturated rings. The number of carbonyl (C=O) groups is 2. The predicted octanol–water partition coefficient (Wildman–Crippen LogP) is 2.26. The Morgan fingerprint density at radius 3 is 2.57 bits per heavy atom. The molecule has 2 heterocycles. The van der Waals surface area contributed by atoms with Gasteiger partial charge in [0.1, 0.15) is 17.1 Å². The molecule has 1 amide bonds. The van der Waals surface area contributed by atoms with Crippen LogP contribution in [0.5, 0.6) is 0 Å². The van der Waals surface area contributed by atoms with E-state index in [2.05, 4.69) is 4.98 Å². The van der Waals surface area contributed by atoms with Gasteiger partial charge in [-0.1, -0.05) is 0 Å². The molecule has 0 aliphatic rings. The van der Waals surface area contributed by atoms with Gasteiger partial charge in [-0.05, 0) is 32.0 Å². The summed E-state index contributed by atoms with van der Waals surface area (Å²) in [5.41, 5.74) is 1.43. The molecule has 21 heavy (non-hydrogen) atoms. The minimum Gasteiger partial charge on any atom is -0.478 e. The van der Waals surface area contributed by atoms with Gasteiger partial charge < -0.3 is 14.4 Å². The number of hydrogen-bond acceptors (Lipinski definition) is 4. The van der Waals surface area contributed by atoms with Gasteiger partial charge in [0.05, 0.1) is 12.1 Å². The van der Waals surface area contributed by atoms with Crippen molar-refractivity contribution < 1.29 is 19.1 Å². The van der Waals surface area contributed by atoms with Gasteiger partial charge in [0.25, 0.3) is 5.91 Å². The van der Waals surface area contributed by atoms with Gasteiger partial charge in [0, 0.05) is 18.9 Å². The summed E-state index contributed by atoms with van der Waals surface area (Å²) in [5.74, 6) is -0.483. The zero-order chi connectivity index (χ0) is 15.6. The maximum atomic E-state index is 12.2. The van der Waals surface area contributed by atoms with E-state index in [0.717, 1.165) is 5.69 Å². The summed E-state index contributed by atoms with van der Waals surface area (Å²) in [7, 11) is 1.63. The fourth-order valence-electron chi connectivity index (χ4n) is 1.95. The number of furan rings is 1. The van der Waals surface area contributed by atoms with Crippen LogP contribution in [0.2, 0.25) is 0 Å². The lowest BCUT2D eigenvalue weighted by molar-refractivity contribution is 0.0694. The molecule has 6 nitrogen and oxygen atoms in total. The Kier molecular flexibility index (Phi) is 4.07. The van der Waals surface area contributed by atoms with Crippen molar-refractivity contribution in [3.8, 4) is 0 Å². The molecule has 0 saturated carbocycles. The van der Waals surface area contributed by atoms with Crippen molar-refractivity contribution >= 4 is 11.9 Å². The normalized spacial score (nSPS) is 10.4. The van der Waals surface area contributed by atoms with Crippen LogP contribution >= 0.6 is 0 Å². The molecule has 0 radical (unpaired) electrons. The second kappa shape index (κ2) is 5.78. The molecular weight excluding hydrogens is 272 g/mol. The predicted molar refractivity (Wildman–Crippen MR) is 75.2 cm³/mol. The molecule has 2 aromatic rings. The molecule has 1 N–H and O–H groups in total. The lowest BCUT2D eigenvalue weighted by Crippen LogP contribution is -2.26. The molecule has 0 spiro atoms. The highest BCUT2D eigenvalue weighted by molar-refractivity contribution is 5.93. The Bertz CT molecular complexity index is 673. The van der Waals surface area contributed by atoms with Crippen LogP contribution in [0.1, 0.15) is 37.9 Å². The number of carboxylic acids is 1. The van der Waals surface area contributed by atoms with Gasteiger partial charge in [-0.3, -0.25) is 9.78 Å². The number of carboxylic acid groups (broad SMARTS) is 1. The fraction of sp³-hybridized carbons (Fsp3) is 0.267. The Hall–Kier alpha value is -2.63. The van der Waals surface area contributed by atoms with E-state index in [-0.39, 0.29) is 18.0 Å². The average Bonchev–Trinajstić information content (AvgIpc) is 2.79. The quantitative estimate of drug-likeness (QED) is 0.933. The van der Waals surface area contributed by atoms with Crippen LogP contribution in [0.25, 0.3) is 0 Å². The molecule has 0 aliphatic heterocycles. The van der Waals surface area contributed by atoms with E-state index in [4.69, 9.17) is 9.52 Å². The van der Waals surface area contributed by atoms with Crippen molar-refractivity contribution in [2.45, 2.75) is 20.4 Å². The van der Waals surface area contributed by atoms with Crippen molar-refractivity contribution in [2.75, 3.05) is 7.05 Å².